The molecule has 20 heavy (non-hydrogen) atoms. The Bertz CT molecular complexity index is 590. The molecule has 1 saturated carbocycles. The number of hydrogen-bond acceptors (Lipinski definition) is 5. The van der Waals surface area contributed by atoms with E-state index in [-0.39, 0.29) is 29.4 Å². The highest BCUT2D eigenvalue weighted by atomic mass is 16.6. The molecule has 7 nitrogen and oxygen atoms in total. The van der Waals surface area contributed by atoms with E-state index in [1.807, 2.05) is 6.07 Å². The summed E-state index contributed by atoms with van der Waals surface area (Å²) in [4.78, 5) is 23.4. The fourth-order valence-corrected chi connectivity index (χ4v) is 2.10. The predicted molar refractivity (Wildman–Crippen MR) is 70.7 cm³/mol. The van der Waals surface area contributed by atoms with E-state index < -0.39 is 10.9 Å². The molecule has 1 aromatic rings. The molecule has 0 aliphatic heterocycles. The normalized spacial score (nSPS) is 13.6. The van der Waals surface area contributed by atoms with Crippen molar-refractivity contribution in [3.63, 3.8) is 0 Å². The zero-order valence-electron chi connectivity index (χ0n) is 10.7. The van der Waals surface area contributed by atoms with Crippen LogP contribution in [-0.4, -0.2) is 28.6 Å². The molecular weight excluding hydrogens is 262 g/mol. The van der Waals surface area contributed by atoms with Crippen LogP contribution in [0.1, 0.15) is 29.6 Å². The van der Waals surface area contributed by atoms with E-state index in [0.717, 1.165) is 12.8 Å². The number of rotatable bonds is 6. The van der Waals surface area contributed by atoms with Crippen molar-refractivity contribution in [3.05, 3.63) is 33.9 Å². The maximum Gasteiger partial charge on any atom is 0.335 e. The van der Waals surface area contributed by atoms with Crippen molar-refractivity contribution < 1.29 is 14.8 Å². The first-order chi connectivity index (χ1) is 9.54. The van der Waals surface area contributed by atoms with Gasteiger partial charge in [0.1, 0.15) is 5.69 Å². The molecule has 0 atom stereocenters. The number of nitrogens with zero attached hydrogens (tertiary/aromatic N) is 3. The van der Waals surface area contributed by atoms with Gasteiger partial charge in [-0.15, -0.1) is 0 Å². The average Bonchev–Trinajstić information content (AvgIpc) is 3.23. The van der Waals surface area contributed by atoms with Gasteiger partial charge in [0.25, 0.3) is 5.69 Å². The maximum absolute atomic E-state index is 11.1. The zero-order valence-corrected chi connectivity index (χ0v) is 10.7. The molecule has 0 unspecified atom stereocenters. The first-order valence-electron chi connectivity index (χ1n) is 6.20. The van der Waals surface area contributed by atoms with Crippen LogP contribution in [0.3, 0.4) is 0 Å². The van der Waals surface area contributed by atoms with Crippen LogP contribution >= 0.6 is 0 Å². The Morgan fingerprint density at radius 2 is 2.25 bits per heavy atom. The van der Waals surface area contributed by atoms with Gasteiger partial charge >= 0.3 is 5.97 Å². The molecule has 0 heterocycles. The monoisotopic (exact) mass is 275 g/mol. The molecule has 1 fully saturated rings. The number of aromatic carboxylic acids is 1. The molecule has 104 valence electrons. The summed E-state index contributed by atoms with van der Waals surface area (Å²) >= 11 is 0. The lowest BCUT2D eigenvalue weighted by atomic mass is 10.1. The van der Waals surface area contributed by atoms with Gasteiger partial charge in [-0.05, 0) is 25.0 Å². The highest BCUT2D eigenvalue weighted by Gasteiger charge is 2.33. The van der Waals surface area contributed by atoms with E-state index >= 15 is 0 Å². The van der Waals surface area contributed by atoms with Gasteiger partial charge in [0, 0.05) is 18.7 Å². The second kappa shape index (κ2) is 5.57. The van der Waals surface area contributed by atoms with Crippen LogP contribution in [0.4, 0.5) is 11.4 Å². The average molecular weight is 275 g/mol. The van der Waals surface area contributed by atoms with E-state index in [9.17, 15) is 14.9 Å². The predicted octanol–water partition coefficient (Wildman–Crippen LogP) is 2.18. The molecule has 0 saturated heterocycles. The minimum atomic E-state index is -1.13. The Morgan fingerprint density at radius 1 is 1.55 bits per heavy atom. The van der Waals surface area contributed by atoms with E-state index in [1.165, 1.54) is 18.2 Å². The van der Waals surface area contributed by atoms with Crippen LogP contribution in [0.5, 0.6) is 0 Å². The summed E-state index contributed by atoms with van der Waals surface area (Å²) in [6.07, 6.45) is 2.05. The second-order valence-electron chi connectivity index (χ2n) is 4.60. The third kappa shape index (κ3) is 2.85. The van der Waals surface area contributed by atoms with Crippen LogP contribution in [0.2, 0.25) is 0 Å². The molecule has 1 aromatic carbocycles. The van der Waals surface area contributed by atoms with Gasteiger partial charge in [-0.1, -0.05) is 0 Å². The van der Waals surface area contributed by atoms with Gasteiger partial charge in [0.15, 0.2) is 0 Å². The number of carboxylic acid groups (broad SMARTS) is 1. The Morgan fingerprint density at radius 3 is 2.75 bits per heavy atom. The highest BCUT2D eigenvalue weighted by molar-refractivity contribution is 5.90. The van der Waals surface area contributed by atoms with Crippen molar-refractivity contribution in [3.8, 4) is 6.07 Å². The van der Waals surface area contributed by atoms with Crippen LogP contribution in [0.25, 0.3) is 0 Å². The van der Waals surface area contributed by atoms with E-state index in [2.05, 4.69) is 0 Å². The highest BCUT2D eigenvalue weighted by Crippen LogP contribution is 2.37. The van der Waals surface area contributed by atoms with Crippen molar-refractivity contribution in [2.45, 2.75) is 25.3 Å². The van der Waals surface area contributed by atoms with E-state index in [4.69, 9.17) is 10.4 Å². The first-order valence-corrected chi connectivity index (χ1v) is 6.20. The Hall–Kier alpha value is -2.62. The molecular formula is C13H13N3O4. The second-order valence-corrected chi connectivity index (χ2v) is 4.60. The minimum absolute atomic E-state index is 0.00760. The smallest absolute Gasteiger partial charge is 0.335 e. The van der Waals surface area contributed by atoms with Gasteiger partial charge < -0.3 is 10.0 Å². The van der Waals surface area contributed by atoms with Crippen molar-refractivity contribution in [2.75, 3.05) is 11.4 Å². The summed E-state index contributed by atoms with van der Waals surface area (Å²) in [7, 11) is 0. The third-order valence-electron chi connectivity index (χ3n) is 3.18. The van der Waals surface area contributed by atoms with E-state index in [1.54, 1.807) is 4.90 Å². The molecule has 0 bridgehead atoms. The van der Waals surface area contributed by atoms with Crippen LogP contribution in [-0.2, 0) is 0 Å². The lowest BCUT2D eigenvalue weighted by Gasteiger charge is -2.23. The number of benzene rings is 1. The molecule has 0 spiro atoms. The molecule has 1 aliphatic rings. The summed E-state index contributed by atoms with van der Waals surface area (Å²) < 4.78 is 0. The Balaban J connectivity index is 2.44. The number of nitro groups is 1. The quantitative estimate of drug-likeness (QED) is 0.629. The van der Waals surface area contributed by atoms with Gasteiger partial charge in [-0.25, -0.2) is 4.79 Å². The topological polar surface area (TPSA) is 107 Å². The van der Waals surface area contributed by atoms with Gasteiger partial charge in [-0.3, -0.25) is 10.1 Å². The number of anilines is 1. The van der Waals surface area contributed by atoms with Crippen molar-refractivity contribution in [1.29, 1.82) is 5.26 Å². The van der Waals surface area contributed by atoms with Gasteiger partial charge in [0.2, 0.25) is 0 Å². The minimum Gasteiger partial charge on any atom is -0.478 e. The summed E-state index contributed by atoms with van der Waals surface area (Å²) in [5.41, 5.74) is 0.167. The van der Waals surface area contributed by atoms with E-state index in [0.29, 0.717) is 6.54 Å². The fraction of sp³-hybridized carbons (Fsp3) is 0.385. The summed E-state index contributed by atoms with van der Waals surface area (Å²) in [5, 5.41) is 28.8. The summed E-state index contributed by atoms with van der Waals surface area (Å²) in [6, 6.07) is 5.91. The number of hydrogen-bond donors (Lipinski definition) is 1. The van der Waals surface area contributed by atoms with Crippen molar-refractivity contribution in [2.24, 2.45) is 0 Å². The van der Waals surface area contributed by atoms with Crippen molar-refractivity contribution in [1.82, 2.24) is 0 Å². The SMILES string of the molecule is N#CCCN(c1cc(C(=O)O)ccc1[N+](=O)[O-])C1CC1. The van der Waals surface area contributed by atoms with Crippen LogP contribution < -0.4 is 4.90 Å². The summed E-state index contributed by atoms with van der Waals surface area (Å²) in [5.74, 6) is -1.13. The number of carboxylic acids is 1. The van der Waals surface area contributed by atoms with Crippen LogP contribution in [0.15, 0.2) is 18.2 Å². The zero-order chi connectivity index (χ0) is 14.7. The first kappa shape index (κ1) is 13.8. The molecule has 0 aromatic heterocycles. The lowest BCUT2D eigenvalue weighted by Crippen LogP contribution is -2.27. The number of nitriles is 1. The molecule has 7 heteroatoms. The van der Waals surface area contributed by atoms with Gasteiger partial charge in [-0.2, -0.15) is 5.26 Å². The number of nitro benzene ring substituents is 1. The third-order valence-corrected chi connectivity index (χ3v) is 3.18. The molecule has 1 N–H and O–H groups in total. The molecule has 2 rings (SSSR count). The van der Waals surface area contributed by atoms with Gasteiger partial charge in [0.05, 0.1) is 23.0 Å². The maximum atomic E-state index is 11.1. The number of carbonyl (C=O) groups is 1. The van der Waals surface area contributed by atoms with Crippen molar-refractivity contribution >= 4 is 17.3 Å². The molecule has 0 amide bonds. The molecule has 1 aliphatic carbocycles. The Kier molecular flexibility index (Phi) is 3.84. The largest absolute Gasteiger partial charge is 0.478 e. The summed E-state index contributed by atoms with van der Waals surface area (Å²) in [6.45, 7) is 0.366. The molecule has 0 radical (unpaired) electrons. The Labute approximate surface area is 115 Å². The van der Waals surface area contributed by atoms with Crippen LogP contribution in [0, 0.1) is 21.4 Å². The lowest BCUT2D eigenvalue weighted by molar-refractivity contribution is -0.384. The fourth-order valence-electron chi connectivity index (χ4n) is 2.10. The standard InChI is InChI=1S/C13H13N3O4/c14-6-1-7-15(10-3-4-10)12-8-9(13(17)18)2-5-11(12)16(19)20/h2,5,8,10H,1,3-4,7H2,(H,17,18).